The topological polar surface area (TPSA) is 40.5 Å². The van der Waals surface area contributed by atoms with Crippen molar-refractivity contribution in [3.8, 4) is 5.75 Å². The summed E-state index contributed by atoms with van der Waals surface area (Å²) in [5.41, 5.74) is 3.87. The van der Waals surface area contributed by atoms with E-state index in [0.29, 0.717) is 13.0 Å². The molecule has 1 atom stereocenters. The molecule has 4 aromatic rings. The van der Waals surface area contributed by atoms with E-state index in [9.17, 15) is 14.3 Å². The van der Waals surface area contributed by atoms with Gasteiger partial charge in [-0.2, -0.15) is 0 Å². The Morgan fingerprint density at radius 3 is 2.40 bits per heavy atom. The number of nitrogens with zero attached hydrogens (tertiary/aromatic N) is 1. The summed E-state index contributed by atoms with van der Waals surface area (Å²) in [6, 6.07) is 25.6. The summed E-state index contributed by atoms with van der Waals surface area (Å²) in [5, 5.41) is 11.9. The molecule has 0 saturated heterocycles. The molecule has 0 aromatic heterocycles. The Bertz CT molecular complexity index is 1230. The van der Waals surface area contributed by atoms with Crippen molar-refractivity contribution < 1.29 is 14.3 Å². The number of carbonyl (C=O) groups is 1. The first-order valence-electron chi connectivity index (χ1n) is 9.95. The number of phenolic OH excluding ortho intramolecular Hbond substituents is 1. The highest BCUT2D eigenvalue weighted by atomic mass is 19.1. The summed E-state index contributed by atoms with van der Waals surface area (Å²) in [4.78, 5) is 15.0. The molecule has 0 saturated carbocycles. The van der Waals surface area contributed by atoms with Crippen molar-refractivity contribution in [2.24, 2.45) is 0 Å². The standard InChI is InChI=1S/C26H20FNO2/c27-20-10-5-17(6-11-20)16-28-24-14-9-18-3-1-2-4-22(18)26(24)23(15-25(28)30)19-7-12-21(29)13-8-19/h1-14,23,29H,15-16H2. The van der Waals surface area contributed by atoms with Gasteiger partial charge in [-0.3, -0.25) is 4.79 Å². The van der Waals surface area contributed by atoms with Crippen LogP contribution in [0.2, 0.25) is 0 Å². The van der Waals surface area contributed by atoms with Gasteiger partial charge in [0, 0.05) is 18.0 Å². The molecule has 0 bridgehead atoms. The second-order valence-corrected chi connectivity index (χ2v) is 7.67. The molecular weight excluding hydrogens is 377 g/mol. The molecule has 148 valence electrons. The van der Waals surface area contributed by atoms with Crippen molar-refractivity contribution in [2.75, 3.05) is 4.90 Å². The third-order valence-electron chi connectivity index (χ3n) is 5.82. The molecule has 0 fully saturated rings. The molecule has 3 nitrogen and oxygen atoms in total. The lowest BCUT2D eigenvalue weighted by atomic mass is 9.81. The van der Waals surface area contributed by atoms with Crippen LogP contribution in [0.15, 0.2) is 84.9 Å². The fourth-order valence-corrected chi connectivity index (χ4v) is 4.34. The van der Waals surface area contributed by atoms with Crippen molar-refractivity contribution in [3.63, 3.8) is 0 Å². The van der Waals surface area contributed by atoms with Crippen LogP contribution in [0.5, 0.6) is 5.75 Å². The van der Waals surface area contributed by atoms with E-state index in [0.717, 1.165) is 33.2 Å². The fraction of sp³-hybridized carbons (Fsp3) is 0.115. The van der Waals surface area contributed by atoms with Crippen LogP contribution < -0.4 is 4.90 Å². The van der Waals surface area contributed by atoms with E-state index in [-0.39, 0.29) is 23.4 Å². The Kier molecular flexibility index (Phi) is 4.47. The molecule has 0 radical (unpaired) electrons. The number of benzene rings is 4. The van der Waals surface area contributed by atoms with Gasteiger partial charge in [-0.15, -0.1) is 0 Å². The van der Waals surface area contributed by atoms with Gasteiger partial charge in [-0.25, -0.2) is 4.39 Å². The van der Waals surface area contributed by atoms with E-state index in [2.05, 4.69) is 12.1 Å². The van der Waals surface area contributed by atoms with Gasteiger partial charge in [0.25, 0.3) is 0 Å². The minimum atomic E-state index is -0.289. The van der Waals surface area contributed by atoms with E-state index in [4.69, 9.17) is 0 Å². The lowest BCUT2D eigenvalue weighted by Crippen LogP contribution is -2.36. The molecule has 1 aliphatic rings. The Balaban J connectivity index is 1.66. The van der Waals surface area contributed by atoms with E-state index in [1.165, 1.54) is 12.1 Å². The maximum absolute atomic E-state index is 13.3. The Labute approximate surface area is 174 Å². The number of phenols is 1. The SMILES string of the molecule is O=C1CC(c2ccc(O)cc2)c2c(ccc3ccccc23)N1Cc1ccc(F)cc1. The normalized spacial score (nSPS) is 16.0. The molecule has 0 spiro atoms. The van der Waals surface area contributed by atoms with Gasteiger partial charge in [0.2, 0.25) is 5.91 Å². The monoisotopic (exact) mass is 397 g/mol. The molecule has 30 heavy (non-hydrogen) atoms. The van der Waals surface area contributed by atoms with Gasteiger partial charge in [0.05, 0.1) is 6.54 Å². The van der Waals surface area contributed by atoms with Crippen LogP contribution >= 0.6 is 0 Å². The smallest absolute Gasteiger partial charge is 0.228 e. The predicted octanol–water partition coefficient (Wildman–Crippen LogP) is 5.75. The van der Waals surface area contributed by atoms with Crippen molar-refractivity contribution >= 4 is 22.4 Å². The van der Waals surface area contributed by atoms with Crippen LogP contribution in [0.25, 0.3) is 10.8 Å². The number of hydrogen-bond acceptors (Lipinski definition) is 2. The minimum Gasteiger partial charge on any atom is -0.508 e. The number of anilines is 1. The average Bonchev–Trinajstić information content (AvgIpc) is 2.77. The summed E-state index contributed by atoms with van der Waals surface area (Å²) in [6.45, 7) is 0.396. The summed E-state index contributed by atoms with van der Waals surface area (Å²) in [7, 11) is 0. The van der Waals surface area contributed by atoms with Crippen LogP contribution in [-0.4, -0.2) is 11.0 Å². The van der Waals surface area contributed by atoms with E-state index in [1.807, 2.05) is 36.4 Å². The van der Waals surface area contributed by atoms with Crippen molar-refractivity contribution in [2.45, 2.75) is 18.9 Å². The van der Waals surface area contributed by atoms with Crippen molar-refractivity contribution in [1.82, 2.24) is 0 Å². The van der Waals surface area contributed by atoms with E-state index >= 15 is 0 Å². The molecule has 1 amide bonds. The molecule has 1 heterocycles. The maximum atomic E-state index is 13.3. The van der Waals surface area contributed by atoms with Gasteiger partial charge in [-0.05, 0) is 57.8 Å². The van der Waals surface area contributed by atoms with Crippen LogP contribution in [0.4, 0.5) is 10.1 Å². The third kappa shape index (κ3) is 3.20. The first kappa shape index (κ1) is 18.4. The fourth-order valence-electron chi connectivity index (χ4n) is 4.34. The van der Waals surface area contributed by atoms with E-state index < -0.39 is 0 Å². The molecule has 0 aliphatic carbocycles. The number of aromatic hydroxyl groups is 1. The molecule has 1 N–H and O–H groups in total. The van der Waals surface area contributed by atoms with Gasteiger partial charge < -0.3 is 10.0 Å². The molecule has 1 aliphatic heterocycles. The summed E-state index contributed by atoms with van der Waals surface area (Å²) < 4.78 is 13.3. The molecule has 4 aromatic carbocycles. The Hall–Kier alpha value is -3.66. The van der Waals surface area contributed by atoms with E-state index in [1.54, 1.807) is 29.2 Å². The largest absolute Gasteiger partial charge is 0.508 e. The number of halogens is 1. The summed E-state index contributed by atoms with van der Waals surface area (Å²) >= 11 is 0. The quantitative estimate of drug-likeness (QED) is 0.478. The number of amides is 1. The summed E-state index contributed by atoms with van der Waals surface area (Å²) in [6.07, 6.45) is 0.340. The Morgan fingerprint density at radius 1 is 0.900 bits per heavy atom. The first-order chi connectivity index (χ1) is 14.6. The second-order valence-electron chi connectivity index (χ2n) is 7.67. The molecule has 1 unspecified atom stereocenters. The first-order valence-corrected chi connectivity index (χ1v) is 9.95. The highest BCUT2D eigenvalue weighted by Gasteiger charge is 2.33. The van der Waals surface area contributed by atoms with Crippen LogP contribution in [-0.2, 0) is 11.3 Å². The summed E-state index contributed by atoms with van der Waals surface area (Å²) in [5.74, 6) is -0.150. The second kappa shape index (κ2) is 7.30. The Morgan fingerprint density at radius 2 is 1.63 bits per heavy atom. The average molecular weight is 397 g/mol. The lowest BCUT2D eigenvalue weighted by Gasteiger charge is -2.35. The third-order valence-corrected chi connectivity index (χ3v) is 5.82. The zero-order valence-corrected chi connectivity index (χ0v) is 16.3. The predicted molar refractivity (Wildman–Crippen MR) is 116 cm³/mol. The molecular formula is C26H20FNO2. The number of fused-ring (bicyclic) bond motifs is 3. The highest BCUT2D eigenvalue weighted by Crippen LogP contribution is 2.44. The van der Waals surface area contributed by atoms with Crippen molar-refractivity contribution in [3.05, 3.63) is 107 Å². The van der Waals surface area contributed by atoms with Crippen LogP contribution in [0.1, 0.15) is 29.0 Å². The zero-order valence-electron chi connectivity index (χ0n) is 16.3. The van der Waals surface area contributed by atoms with Crippen molar-refractivity contribution in [1.29, 1.82) is 0 Å². The highest BCUT2D eigenvalue weighted by molar-refractivity contribution is 6.03. The van der Waals surface area contributed by atoms with Gasteiger partial charge in [0.1, 0.15) is 11.6 Å². The maximum Gasteiger partial charge on any atom is 0.228 e. The van der Waals surface area contributed by atoms with Crippen LogP contribution in [0.3, 0.4) is 0 Å². The number of rotatable bonds is 3. The zero-order chi connectivity index (χ0) is 20.7. The van der Waals surface area contributed by atoms with Gasteiger partial charge in [0.15, 0.2) is 0 Å². The number of hydrogen-bond donors (Lipinski definition) is 1. The lowest BCUT2D eigenvalue weighted by molar-refractivity contribution is -0.119. The van der Waals surface area contributed by atoms with Gasteiger partial charge in [-0.1, -0.05) is 54.6 Å². The molecule has 4 heteroatoms. The van der Waals surface area contributed by atoms with Crippen LogP contribution in [0, 0.1) is 5.82 Å². The molecule has 5 rings (SSSR count). The van der Waals surface area contributed by atoms with Gasteiger partial charge >= 0.3 is 0 Å². The number of carbonyl (C=O) groups excluding carboxylic acids is 1. The minimum absolute atomic E-state index is 0.0279.